The van der Waals surface area contributed by atoms with Crippen LogP contribution in [0, 0.1) is 0 Å². The second-order valence-corrected chi connectivity index (χ2v) is 9.29. The Kier molecular flexibility index (Phi) is 6.24. The lowest BCUT2D eigenvalue weighted by molar-refractivity contribution is 0.0654. The molecule has 0 fully saturated rings. The highest BCUT2D eigenvalue weighted by atomic mass is 16.5. The van der Waals surface area contributed by atoms with Crippen LogP contribution in [0.3, 0.4) is 0 Å². The fourth-order valence-corrected chi connectivity index (χ4v) is 4.02. The lowest BCUT2D eigenvalue weighted by Gasteiger charge is -2.26. The number of nitrogens with zero attached hydrogens (tertiary/aromatic N) is 2. The molecule has 6 heteroatoms. The Morgan fingerprint density at radius 2 is 1.41 bits per heavy atom. The molecule has 0 saturated heterocycles. The van der Waals surface area contributed by atoms with E-state index in [4.69, 9.17) is 4.74 Å². The van der Waals surface area contributed by atoms with Gasteiger partial charge in [0.1, 0.15) is 5.75 Å². The van der Waals surface area contributed by atoms with Crippen molar-refractivity contribution in [3.63, 3.8) is 0 Å². The largest absolute Gasteiger partial charge is 0.497 e. The van der Waals surface area contributed by atoms with E-state index < -0.39 is 0 Å². The van der Waals surface area contributed by atoms with Gasteiger partial charge in [0.15, 0.2) is 0 Å². The van der Waals surface area contributed by atoms with Gasteiger partial charge in [-0.15, -0.1) is 0 Å². The van der Waals surface area contributed by atoms with Crippen molar-refractivity contribution in [2.45, 2.75) is 26.2 Å². The van der Waals surface area contributed by atoms with Crippen LogP contribution in [0.4, 0.5) is 5.69 Å². The Labute approximate surface area is 199 Å². The lowest BCUT2D eigenvalue weighted by Crippen LogP contribution is -2.41. The Morgan fingerprint density at radius 3 is 1.91 bits per heavy atom. The van der Waals surface area contributed by atoms with E-state index in [1.54, 1.807) is 60.5 Å². The third kappa shape index (κ3) is 4.44. The van der Waals surface area contributed by atoms with Gasteiger partial charge in [-0.3, -0.25) is 19.3 Å². The van der Waals surface area contributed by atoms with Gasteiger partial charge in [-0.25, -0.2) is 0 Å². The number of methoxy groups -OCH3 is 1. The molecule has 0 atom stereocenters. The predicted octanol–water partition coefficient (Wildman–Crippen LogP) is 4.94. The summed E-state index contributed by atoms with van der Waals surface area (Å²) < 4.78 is 5.20. The molecule has 0 aromatic heterocycles. The van der Waals surface area contributed by atoms with E-state index in [2.05, 4.69) is 20.8 Å². The molecular weight excluding hydrogens is 428 g/mol. The van der Waals surface area contributed by atoms with Gasteiger partial charge < -0.3 is 9.64 Å². The quantitative estimate of drug-likeness (QED) is 0.493. The lowest BCUT2D eigenvalue weighted by atomic mass is 9.87. The minimum Gasteiger partial charge on any atom is -0.497 e. The van der Waals surface area contributed by atoms with Crippen LogP contribution in [0.25, 0.3) is 0 Å². The summed E-state index contributed by atoms with van der Waals surface area (Å²) in [6.45, 7) is 6.65. The number of carbonyl (C=O) groups excluding carboxylic acids is 3. The smallest absolute Gasteiger partial charge is 0.261 e. The molecule has 1 heterocycles. The number of ether oxygens (including phenoxy) is 1. The molecule has 1 aliphatic heterocycles. The molecule has 4 rings (SSSR count). The highest BCUT2D eigenvalue weighted by molar-refractivity contribution is 6.21. The van der Waals surface area contributed by atoms with Gasteiger partial charge >= 0.3 is 0 Å². The van der Waals surface area contributed by atoms with E-state index in [0.29, 0.717) is 28.1 Å². The van der Waals surface area contributed by atoms with Crippen molar-refractivity contribution in [1.29, 1.82) is 0 Å². The summed E-state index contributed by atoms with van der Waals surface area (Å²) in [6, 6.07) is 21.5. The molecule has 3 aromatic carbocycles. The van der Waals surface area contributed by atoms with E-state index in [9.17, 15) is 14.4 Å². The van der Waals surface area contributed by atoms with Crippen molar-refractivity contribution in [3.05, 3.63) is 95.1 Å². The summed E-state index contributed by atoms with van der Waals surface area (Å²) in [4.78, 5) is 41.9. The van der Waals surface area contributed by atoms with Gasteiger partial charge in [0.2, 0.25) is 0 Å². The summed E-state index contributed by atoms with van der Waals surface area (Å²) in [6.07, 6.45) is 0. The van der Waals surface area contributed by atoms with Crippen molar-refractivity contribution < 1.29 is 19.1 Å². The summed E-state index contributed by atoms with van der Waals surface area (Å²) in [7, 11) is 1.57. The minimum atomic E-state index is -0.333. The Balaban J connectivity index is 1.62. The van der Waals surface area contributed by atoms with Crippen LogP contribution in [0.15, 0.2) is 72.8 Å². The first-order chi connectivity index (χ1) is 16.2. The maximum absolute atomic E-state index is 13.5. The molecule has 0 bridgehead atoms. The fourth-order valence-electron chi connectivity index (χ4n) is 4.02. The Hall–Kier alpha value is -3.93. The number of rotatable bonds is 6. The molecule has 6 nitrogen and oxygen atoms in total. The molecule has 174 valence electrons. The Bertz CT molecular complexity index is 1190. The third-order valence-electron chi connectivity index (χ3n) is 6.05. The van der Waals surface area contributed by atoms with Crippen LogP contribution in [0.5, 0.6) is 5.75 Å². The van der Waals surface area contributed by atoms with Crippen LogP contribution < -0.4 is 9.64 Å². The molecule has 0 N–H and O–H groups in total. The van der Waals surface area contributed by atoms with Gasteiger partial charge in [-0.1, -0.05) is 45.0 Å². The number of hydrogen-bond donors (Lipinski definition) is 0. The van der Waals surface area contributed by atoms with Gasteiger partial charge in [0, 0.05) is 24.3 Å². The molecule has 0 radical (unpaired) electrons. The van der Waals surface area contributed by atoms with Gasteiger partial charge in [-0.05, 0) is 59.5 Å². The molecule has 3 amide bonds. The zero-order valence-corrected chi connectivity index (χ0v) is 19.9. The number of amides is 3. The van der Waals surface area contributed by atoms with Crippen molar-refractivity contribution >= 4 is 23.4 Å². The maximum atomic E-state index is 13.5. The summed E-state index contributed by atoms with van der Waals surface area (Å²) in [5.41, 5.74) is 3.11. The SMILES string of the molecule is COc1ccc(C(=O)N(CCN2C(=O)c3ccccc3C2=O)c2ccc(C(C)(C)C)cc2)cc1. The van der Waals surface area contributed by atoms with Crippen molar-refractivity contribution in [2.24, 2.45) is 0 Å². The average molecular weight is 457 g/mol. The molecule has 1 aliphatic rings. The van der Waals surface area contributed by atoms with E-state index >= 15 is 0 Å². The minimum absolute atomic E-state index is 0.0243. The average Bonchev–Trinajstić information content (AvgIpc) is 3.09. The number of anilines is 1. The monoisotopic (exact) mass is 456 g/mol. The molecule has 3 aromatic rings. The second-order valence-electron chi connectivity index (χ2n) is 9.29. The summed E-state index contributed by atoms with van der Waals surface area (Å²) in [5, 5.41) is 0. The first-order valence-electron chi connectivity index (χ1n) is 11.2. The van der Waals surface area contributed by atoms with Crippen LogP contribution >= 0.6 is 0 Å². The summed E-state index contributed by atoms with van der Waals surface area (Å²) in [5.74, 6) is -0.229. The van der Waals surface area contributed by atoms with E-state index in [-0.39, 0.29) is 36.2 Å². The second kappa shape index (κ2) is 9.14. The first-order valence-corrected chi connectivity index (χ1v) is 11.2. The van der Waals surface area contributed by atoms with Crippen LogP contribution in [-0.2, 0) is 5.41 Å². The van der Waals surface area contributed by atoms with Crippen LogP contribution in [0.1, 0.15) is 57.4 Å². The number of carbonyl (C=O) groups is 3. The molecule has 34 heavy (non-hydrogen) atoms. The predicted molar refractivity (Wildman–Crippen MR) is 132 cm³/mol. The molecule has 0 unspecified atom stereocenters. The normalized spacial score (nSPS) is 13.1. The van der Waals surface area contributed by atoms with Crippen molar-refractivity contribution in [2.75, 3.05) is 25.1 Å². The number of fused-ring (bicyclic) bond motifs is 1. The standard InChI is InChI=1S/C28H28N2O4/c1-28(2,3)20-11-13-21(14-12-20)29(25(31)19-9-15-22(34-4)16-10-19)17-18-30-26(32)23-7-5-6-8-24(23)27(30)33/h5-16H,17-18H2,1-4H3. The van der Waals surface area contributed by atoms with Crippen molar-refractivity contribution in [1.82, 2.24) is 4.90 Å². The van der Waals surface area contributed by atoms with Gasteiger partial charge in [0.25, 0.3) is 17.7 Å². The molecule has 0 spiro atoms. The molecule has 0 saturated carbocycles. The zero-order chi connectivity index (χ0) is 24.5. The molecular formula is C28H28N2O4. The number of hydrogen-bond acceptors (Lipinski definition) is 4. The highest BCUT2D eigenvalue weighted by Gasteiger charge is 2.35. The van der Waals surface area contributed by atoms with Crippen LogP contribution in [0.2, 0.25) is 0 Å². The number of benzene rings is 3. The van der Waals surface area contributed by atoms with E-state index in [1.807, 2.05) is 24.3 Å². The van der Waals surface area contributed by atoms with Crippen molar-refractivity contribution in [3.8, 4) is 5.75 Å². The van der Waals surface area contributed by atoms with E-state index in [1.165, 1.54) is 4.90 Å². The fraction of sp³-hybridized carbons (Fsp3) is 0.250. The molecule has 0 aliphatic carbocycles. The van der Waals surface area contributed by atoms with Gasteiger partial charge in [0.05, 0.1) is 18.2 Å². The van der Waals surface area contributed by atoms with Gasteiger partial charge in [-0.2, -0.15) is 0 Å². The maximum Gasteiger partial charge on any atom is 0.261 e. The summed E-state index contributed by atoms with van der Waals surface area (Å²) >= 11 is 0. The van der Waals surface area contributed by atoms with E-state index in [0.717, 1.165) is 5.56 Å². The van der Waals surface area contributed by atoms with Crippen LogP contribution in [-0.4, -0.2) is 42.8 Å². The number of imide groups is 1. The zero-order valence-electron chi connectivity index (χ0n) is 19.9. The third-order valence-corrected chi connectivity index (χ3v) is 6.05. The topological polar surface area (TPSA) is 66.9 Å². The highest BCUT2D eigenvalue weighted by Crippen LogP contribution is 2.27. The first kappa shape index (κ1) is 23.2. The Morgan fingerprint density at radius 1 is 0.853 bits per heavy atom.